The molecule has 0 aromatic heterocycles. The fourth-order valence-corrected chi connectivity index (χ4v) is 7.40. The maximum absolute atomic E-state index is 13.0. The van der Waals surface area contributed by atoms with Gasteiger partial charge in [-0.25, -0.2) is 8.42 Å². The van der Waals surface area contributed by atoms with E-state index in [9.17, 15) is 12.6 Å². The average molecular weight is 370 g/mol. The lowest BCUT2D eigenvalue weighted by Crippen LogP contribution is -2.56. The zero-order chi connectivity index (χ0) is 17.4. The minimum Gasteiger partial charge on any atom is -0.259 e. The van der Waals surface area contributed by atoms with Crippen LogP contribution in [0.4, 0.5) is 0 Å². The molecule has 1 heterocycles. The van der Waals surface area contributed by atoms with Crippen molar-refractivity contribution >= 4 is 20.8 Å². The first-order chi connectivity index (χ1) is 11.3. The van der Waals surface area contributed by atoms with E-state index in [1.165, 1.54) is 42.0 Å². The summed E-state index contributed by atoms with van der Waals surface area (Å²) in [6.45, 7) is 4.04. The van der Waals surface area contributed by atoms with Crippen LogP contribution in [0.3, 0.4) is 0 Å². The molecule has 2 fully saturated rings. The van der Waals surface area contributed by atoms with Crippen molar-refractivity contribution in [3.05, 3.63) is 29.8 Å². The molecule has 0 radical (unpaired) electrons. The normalized spacial score (nSPS) is 26.3. The molecule has 0 N–H and O–H groups in total. The second-order valence-corrected chi connectivity index (χ2v) is 11.0. The summed E-state index contributed by atoms with van der Waals surface area (Å²) in [6.07, 6.45) is 6.26. The van der Waals surface area contributed by atoms with Crippen LogP contribution in [0.25, 0.3) is 0 Å². The van der Waals surface area contributed by atoms with E-state index in [1.54, 1.807) is 12.1 Å². The van der Waals surface area contributed by atoms with E-state index >= 15 is 0 Å². The topological polar surface area (TPSA) is 54.5 Å². The average Bonchev–Trinajstić information content (AvgIpc) is 2.54. The van der Waals surface area contributed by atoms with Crippen LogP contribution in [0.15, 0.2) is 29.2 Å². The van der Waals surface area contributed by atoms with Crippen LogP contribution in [0.5, 0.6) is 0 Å². The molecule has 24 heavy (non-hydrogen) atoms. The summed E-state index contributed by atoms with van der Waals surface area (Å²) < 4.78 is 39.4. The van der Waals surface area contributed by atoms with Crippen LogP contribution in [0.2, 0.25) is 0 Å². The summed E-state index contributed by atoms with van der Waals surface area (Å²) in [5.41, 5.74) is 0.650. The Morgan fingerprint density at radius 3 is 2.29 bits per heavy atom. The highest BCUT2D eigenvalue weighted by atomic mass is 32.2. The molecule has 0 unspecified atom stereocenters. The summed E-state index contributed by atoms with van der Waals surface area (Å²) in [7, 11) is -4.48. The summed E-state index contributed by atoms with van der Waals surface area (Å²) in [4.78, 5) is 0.350. The minimum atomic E-state index is -3.54. The number of rotatable bonds is 3. The van der Waals surface area contributed by atoms with Gasteiger partial charge in [0.15, 0.2) is 0 Å². The molecule has 0 spiro atoms. The van der Waals surface area contributed by atoms with Crippen molar-refractivity contribution in [1.82, 2.24) is 4.31 Å². The van der Waals surface area contributed by atoms with Gasteiger partial charge >= 0.3 is 0 Å². The maximum Gasteiger partial charge on any atom is 0.243 e. The van der Waals surface area contributed by atoms with Gasteiger partial charge in [-0.3, -0.25) is 4.21 Å². The van der Waals surface area contributed by atoms with Crippen molar-refractivity contribution in [2.24, 2.45) is 0 Å². The quantitative estimate of drug-likeness (QED) is 0.822. The van der Waals surface area contributed by atoms with Crippen molar-refractivity contribution in [2.75, 3.05) is 18.1 Å². The Morgan fingerprint density at radius 1 is 1.08 bits per heavy atom. The van der Waals surface area contributed by atoms with Gasteiger partial charge in [-0.05, 0) is 50.3 Å². The smallest absolute Gasteiger partial charge is 0.243 e. The second-order valence-electron chi connectivity index (χ2n) is 7.58. The Hall–Kier alpha value is -0.720. The molecule has 1 saturated carbocycles. The minimum absolute atomic E-state index is 0.326. The molecule has 1 saturated heterocycles. The van der Waals surface area contributed by atoms with Crippen LogP contribution in [-0.4, -0.2) is 40.5 Å². The van der Waals surface area contributed by atoms with Crippen molar-refractivity contribution in [1.29, 1.82) is 0 Å². The number of benzene rings is 1. The lowest BCUT2D eigenvalue weighted by atomic mass is 9.84. The monoisotopic (exact) mass is 369 g/mol. The Bertz CT molecular complexity index is 704. The van der Waals surface area contributed by atoms with E-state index < -0.39 is 26.4 Å². The summed E-state index contributed by atoms with van der Waals surface area (Å²) in [5, 5.41) is 0. The Kier molecular flexibility index (Phi) is 5.19. The van der Waals surface area contributed by atoms with Gasteiger partial charge in [-0.1, -0.05) is 31.4 Å². The third-order valence-corrected chi connectivity index (χ3v) is 9.05. The first-order valence-electron chi connectivity index (χ1n) is 8.78. The van der Waals surface area contributed by atoms with Crippen molar-refractivity contribution in [3.63, 3.8) is 0 Å². The lowest BCUT2D eigenvalue weighted by Gasteiger charge is -2.40. The molecule has 3 rings (SSSR count). The standard InChI is InChI=1S/C18H27NO3S2/c1-18(2)14-23(20)13-12-19(18)24(21,22)17-10-8-16(9-11-17)15-6-4-3-5-7-15/h8-11,15H,3-7,12-14H2,1-2H3/t23-/m1/s1. The molecule has 134 valence electrons. The SMILES string of the molecule is CC1(C)C[S@](=O)CCN1S(=O)(=O)c1ccc(C2CCCCC2)cc1. The molecular weight excluding hydrogens is 342 g/mol. The van der Waals surface area contributed by atoms with Gasteiger partial charge in [0.05, 0.1) is 4.90 Å². The largest absolute Gasteiger partial charge is 0.259 e. The third-order valence-electron chi connectivity index (χ3n) is 5.26. The van der Waals surface area contributed by atoms with Crippen molar-refractivity contribution < 1.29 is 12.6 Å². The highest BCUT2D eigenvalue weighted by Crippen LogP contribution is 2.34. The highest BCUT2D eigenvalue weighted by molar-refractivity contribution is 7.89. The Balaban J connectivity index is 1.83. The van der Waals surface area contributed by atoms with E-state index in [0.29, 0.717) is 28.9 Å². The zero-order valence-corrected chi connectivity index (χ0v) is 16.2. The van der Waals surface area contributed by atoms with Gasteiger partial charge in [0.25, 0.3) is 0 Å². The summed E-state index contributed by atoms with van der Waals surface area (Å²) >= 11 is 0. The third kappa shape index (κ3) is 3.60. The second kappa shape index (κ2) is 6.89. The van der Waals surface area contributed by atoms with Crippen molar-refractivity contribution in [2.45, 2.75) is 62.3 Å². The molecular formula is C18H27NO3S2. The van der Waals surface area contributed by atoms with Crippen LogP contribution in [0.1, 0.15) is 57.4 Å². The number of nitrogens with zero attached hydrogens (tertiary/aromatic N) is 1. The maximum atomic E-state index is 13.0. The van der Waals surface area contributed by atoms with E-state index in [0.717, 1.165) is 0 Å². The van der Waals surface area contributed by atoms with Crippen LogP contribution >= 0.6 is 0 Å². The van der Waals surface area contributed by atoms with E-state index in [2.05, 4.69) is 0 Å². The van der Waals surface area contributed by atoms with Crippen molar-refractivity contribution in [3.8, 4) is 0 Å². The molecule has 0 amide bonds. The molecule has 1 atom stereocenters. The molecule has 1 aromatic carbocycles. The predicted molar refractivity (Wildman–Crippen MR) is 98.1 cm³/mol. The first kappa shape index (κ1) is 18.1. The van der Waals surface area contributed by atoms with E-state index in [4.69, 9.17) is 0 Å². The molecule has 1 aliphatic heterocycles. The number of sulfonamides is 1. The fraction of sp³-hybridized carbons (Fsp3) is 0.667. The highest BCUT2D eigenvalue weighted by Gasteiger charge is 2.41. The lowest BCUT2D eigenvalue weighted by molar-refractivity contribution is 0.256. The van der Waals surface area contributed by atoms with Gasteiger partial charge in [0.2, 0.25) is 10.0 Å². The van der Waals surface area contributed by atoms with Crippen LogP contribution < -0.4 is 0 Å². The van der Waals surface area contributed by atoms with Crippen LogP contribution in [0, 0.1) is 0 Å². The zero-order valence-electron chi connectivity index (χ0n) is 14.5. The predicted octanol–water partition coefficient (Wildman–Crippen LogP) is 3.27. The number of hydrogen-bond donors (Lipinski definition) is 0. The van der Waals surface area contributed by atoms with E-state index in [-0.39, 0.29) is 0 Å². The Labute approximate surface area is 148 Å². The van der Waals surface area contributed by atoms with Gasteiger partial charge in [0, 0.05) is 34.4 Å². The van der Waals surface area contributed by atoms with Gasteiger partial charge in [0.1, 0.15) is 0 Å². The van der Waals surface area contributed by atoms with Gasteiger partial charge in [-0.2, -0.15) is 4.31 Å². The van der Waals surface area contributed by atoms with E-state index in [1.807, 2.05) is 26.0 Å². The molecule has 6 heteroatoms. The molecule has 1 aromatic rings. The summed E-state index contributed by atoms with van der Waals surface area (Å²) in [5.74, 6) is 1.39. The van der Waals surface area contributed by atoms with Gasteiger partial charge < -0.3 is 0 Å². The molecule has 4 nitrogen and oxygen atoms in total. The molecule has 2 aliphatic rings. The molecule has 0 bridgehead atoms. The van der Waals surface area contributed by atoms with Crippen LogP contribution in [-0.2, 0) is 20.8 Å². The number of hydrogen-bond acceptors (Lipinski definition) is 3. The Morgan fingerprint density at radius 2 is 1.71 bits per heavy atom. The molecule has 1 aliphatic carbocycles. The summed E-state index contributed by atoms with van der Waals surface area (Å²) in [6, 6.07) is 7.47. The first-order valence-corrected chi connectivity index (χ1v) is 11.7. The fourth-order valence-electron chi connectivity index (χ4n) is 3.95. The van der Waals surface area contributed by atoms with Gasteiger partial charge in [-0.15, -0.1) is 0 Å².